The van der Waals surface area contributed by atoms with Gasteiger partial charge in [-0.1, -0.05) is 17.7 Å². The largest absolute Gasteiger partial charge is 0.465 e. The number of ether oxygens (including phenoxy) is 2. The SMILES string of the molecule is COC(=O)c1c(NC(=O)C(=O)N/N=C/c2ccc(OC(=O)c3ccc(C)cc3)cc2)sc2c1CCCC2. The third-order valence-electron chi connectivity index (χ3n) is 5.75. The van der Waals surface area contributed by atoms with Crippen molar-refractivity contribution in [1.29, 1.82) is 0 Å². The number of thiophene rings is 1. The van der Waals surface area contributed by atoms with Gasteiger partial charge < -0.3 is 14.8 Å². The Hall–Kier alpha value is -4.31. The van der Waals surface area contributed by atoms with E-state index in [1.807, 2.05) is 19.1 Å². The number of hydrogen-bond acceptors (Lipinski definition) is 8. The van der Waals surface area contributed by atoms with Gasteiger partial charge >= 0.3 is 23.8 Å². The highest BCUT2D eigenvalue weighted by atomic mass is 32.1. The topological polar surface area (TPSA) is 123 Å². The predicted octanol–water partition coefficient (Wildman–Crippen LogP) is 4.03. The summed E-state index contributed by atoms with van der Waals surface area (Å²) in [6, 6.07) is 13.5. The molecule has 0 fully saturated rings. The first kappa shape index (κ1) is 25.8. The zero-order valence-electron chi connectivity index (χ0n) is 20.3. The molecule has 10 heteroatoms. The molecule has 37 heavy (non-hydrogen) atoms. The number of aryl methyl sites for hydroxylation is 2. The first-order valence-corrected chi connectivity index (χ1v) is 12.4. The van der Waals surface area contributed by atoms with Crippen LogP contribution < -0.4 is 15.5 Å². The van der Waals surface area contributed by atoms with Crippen molar-refractivity contribution in [2.75, 3.05) is 12.4 Å². The van der Waals surface area contributed by atoms with Crippen LogP contribution in [-0.4, -0.2) is 37.1 Å². The fourth-order valence-electron chi connectivity index (χ4n) is 3.83. The number of nitrogens with zero attached hydrogens (tertiary/aromatic N) is 1. The maximum absolute atomic E-state index is 12.4. The zero-order valence-corrected chi connectivity index (χ0v) is 21.1. The maximum Gasteiger partial charge on any atom is 0.343 e. The van der Waals surface area contributed by atoms with E-state index in [1.165, 1.54) is 24.7 Å². The lowest BCUT2D eigenvalue weighted by molar-refractivity contribution is -0.136. The van der Waals surface area contributed by atoms with Crippen molar-refractivity contribution in [1.82, 2.24) is 5.43 Å². The van der Waals surface area contributed by atoms with Gasteiger partial charge in [-0.3, -0.25) is 9.59 Å². The molecule has 1 aliphatic carbocycles. The molecule has 2 N–H and O–H groups in total. The maximum atomic E-state index is 12.4. The number of carbonyl (C=O) groups excluding carboxylic acids is 4. The van der Waals surface area contributed by atoms with Crippen LogP contribution in [-0.2, 0) is 27.2 Å². The molecular formula is C27H25N3O6S. The summed E-state index contributed by atoms with van der Waals surface area (Å²) >= 11 is 1.29. The van der Waals surface area contributed by atoms with Gasteiger partial charge in [0.1, 0.15) is 10.8 Å². The summed E-state index contributed by atoms with van der Waals surface area (Å²) in [6.07, 6.45) is 4.85. The minimum Gasteiger partial charge on any atom is -0.465 e. The molecule has 0 spiro atoms. The third kappa shape index (κ3) is 6.28. The summed E-state index contributed by atoms with van der Waals surface area (Å²) in [5, 5.41) is 6.63. The molecule has 9 nitrogen and oxygen atoms in total. The molecule has 1 aliphatic rings. The second-order valence-electron chi connectivity index (χ2n) is 8.38. The molecule has 1 aromatic heterocycles. The Balaban J connectivity index is 1.33. The van der Waals surface area contributed by atoms with Gasteiger partial charge in [0, 0.05) is 4.88 Å². The number of benzene rings is 2. The lowest BCUT2D eigenvalue weighted by Crippen LogP contribution is -2.32. The molecule has 1 heterocycles. The Kier molecular flexibility index (Phi) is 8.09. The van der Waals surface area contributed by atoms with Crippen molar-refractivity contribution in [2.45, 2.75) is 32.6 Å². The van der Waals surface area contributed by atoms with Crippen LogP contribution in [0.15, 0.2) is 53.6 Å². The van der Waals surface area contributed by atoms with Crippen LogP contribution in [0.1, 0.15) is 55.1 Å². The number of nitrogens with one attached hydrogen (secondary N) is 2. The molecule has 190 valence electrons. The average Bonchev–Trinajstić information content (AvgIpc) is 3.27. The van der Waals surface area contributed by atoms with Crippen molar-refractivity contribution >= 4 is 46.3 Å². The number of esters is 2. The molecule has 0 bridgehead atoms. The van der Waals surface area contributed by atoms with Crippen molar-refractivity contribution < 1.29 is 28.7 Å². The molecule has 3 aromatic rings. The quantitative estimate of drug-likeness (QED) is 0.167. The van der Waals surface area contributed by atoms with Crippen LogP contribution in [0, 0.1) is 6.92 Å². The van der Waals surface area contributed by atoms with Gasteiger partial charge in [-0.05, 0) is 80.1 Å². The average molecular weight is 520 g/mol. The number of hydrogen-bond donors (Lipinski definition) is 2. The first-order valence-electron chi connectivity index (χ1n) is 11.6. The van der Waals surface area contributed by atoms with E-state index in [9.17, 15) is 19.2 Å². The number of amides is 2. The van der Waals surface area contributed by atoms with E-state index in [2.05, 4.69) is 15.8 Å². The number of carbonyl (C=O) groups is 4. The molecule has 0 saturated heterocycles. The number of fused-ring (bicyclic) bond motifs is 1. The Morgan fingerprint density at radius 3 is 2.32 bits per heavy atom. The van der Waals surface area contributed by atoms with Crippen LogP contribution in [0.4, 0.5) is 5.00 Å². The number of rotatable bonds is 6. The normalized spacial score (nSPS) is 12.5. The Morgan fingerprint density at radius 2 is 1.62 bits per heavy atom. The molecule has 0 saturated carbocycles. The predicted molar refractivity (Wildman–Crippen MR) is 139 cm³/mol. The van der Waals surface area contributed by atoms with E-state index in [0.29, 0.717) is 27.4 Å². The van der Waals surface area contributed by atoms with E-state index in [1.54, 1.807) is 36.4 Å². The zero-order chi connectivity index (χ0) is 26.4. The summed E-state index contributed by atoms with van der Waals surface area (Å²) in [6.45, 7) is 1.93. The molecule has 4 rings (SSSR count). The lowest BCUT2D eigenvalue weighted by atomic mass is 9.95. The lowest BCUT2D eigenvalue weighted by Gasteiger charge is -2.11. The van der Waals surface area contributed by atoms with Crippen molar-refractivity contribution in [3.63, 3.8) is 0 Å². The van der Waals surface area contributed by atoms with E-state index in [0.717, 1.165) is 41.7 Å². The van der Waals surface area contributed by atoms with Crippen LogP contribution in [0.5, 0.6) is 5.75 Å². The minimum absolute atomic E-state index is 0.304. The Bertz CT molecular complexity index is 1360. The van der Waals surface area contributed by atoms with E-state index in [-0.39, 0.29) is 0 Å². The Labute approximate surface area is 217 Å². The second kappa shape index (κ2) is 11.6. The second-order valence-corrected chi connectivity index (χ2v) is 9.49. The standard InChI is InChI=1S/C27H25N3O6S/c1-16-7-11-18(12-8-16)26(33)36-19-13-9-17(10-14-19)15-28-30-24(32)23(31)29-25-22(27(34)35-2)20-5-3-4-6-21(20)37-25/h7-15H,3-6H2,1-2H3,(H,29,31)(H,30,32)/b28-15+. The van der Waals surface area contributed by atoms with Gasteiger partial charge in [-0.2, -0.15) is 5.10 Å². The summed E-state index contributed by atoms with van der Waals surface area (Å²) < 4.78 is 10.2. The van der Waals surface area contributed by atoms with Gasteiger partial charge in [0.25, 0.3) is 0 Å². The number of anilines is 1. The van der Waals surface area contributed by atoms with Gasteiger partial charge in [0.2, 0.25) is 0 Å². The van der Waals surface area contributed by atoms with E-state index >= 15 is 0 Å². The highest BCUT2D eigenvalue weighted by Gasteiger charge is 2.28. The molecule has 2 aromatic carbocycles. The van der Waals surface area contributed by atoms with Crippen LogP contribution in [0.25, 0.3) is 0 Å². The monoisotopic (exact) mass is 519 g/mol. The molecule has 0 atom stereocenters. The van der Waals surface area contributed by atoms with Crippen molar-refractivity contribution in [2.24, 2.45) is 5.10 Å². The summed E-state index contributed by atoms with van der Waals surface area (Å²) in [7, 11) is 1.28. The van der Waals surface area contributed by atoms with Gasteiger partial charge in [-0.25, -0.2) is 15.0 Å². The number of methoxy groups -OCH3 is 1. The first-order chi connectivity index (χ1) is 17.9. The van der Waals surface area contributed by atoms with E-state index < -0.39 is 23.8 Å². The summed E-state index contributed by atoms with van der Waals surface area (Å²) in [5.74, 6) is -2.59. The van der Waals surface area contributed by atoms with Crippen LogP contribution >= 0.6 is 11.3 Å². The minimum atomic E-state index is -0.984. The third-order valence-corrected chi connectivity index (χ3v) is 6.96. The molecule has 0 aliphatic heterocycles. The van der Waals surface area contributed by atoms with Crippen LogP contribution in [0.2, 0.25) is 0 Å². The van der Waals surface area contributed by atoms with Crippen molar-refractivity contribution in [3.8, 4) is 5.75 Å². The summed E-state index contributed by atoms with van der Waals surface area (Å²) in [5.41, 5.74) is 5.46. The van der Waals surface area contributed by atoms with Crippen LogP contribution in [0.3, 0.4) is 0 Å². The van der Waals surface area contributed by atoms with Gasteiger partial charge in [0.15, 0.2) is 0 Å². The smallest absolute Gasteiger partial charge is 0.343 e. The molecular weight excluding hydrogens is 494 g/mol. The highest BCUT2D eigenvalue weighted by molar-refractivity contribution is 7.17. The fraction of sp³-hybridized carbons (Fsp3) is 0.222. The molecule has 2 amide bonds. The fourth-order valence-corrected chi connectivity index (χ4v) is 5.10. The molecule has 0 unspecified atom stereocenters. The van der Waals surface area contributed by atoms with Gasteiger partial charge in [-0.15, -0.1) is 11.3 Å². The molecule has 0 radical (unpaired) electrons. The highest BCUT2D eigenvalue weighted by Crippen LogP contribution is 2.38. The van der Waals surface area contributed by atoms with Crippen molar-refractivity contribution in [3.05, 3.63) is 81.2 Å². The van der Waals surface area contributed by atoms with E-state index in [4.69, 9.17) is 9.47 Å². The van der Waals surface area contributed by atoms with Gasteiger partial charge in [0.05, 0.1) is 24.5 Å². The summed E-state index contributed by atoms with van der Waals surface area (Å²) in [4.78, 5) is 50.2. The Morgan fingerprint density at radius 1 is 0.919 bits per heavy atom. The number of hydrazone groups is 1.